The van der Waals surface area contributed by atoms with Gasteiger partial charge in [0.25, 0.3) is 5.69 Å². The highest BCUT2D eigenvalue weighted by molar-refractivity contribution is 7.92. The molecule has 45 heavy (non-hydrogen) atoms. The van der Waals surface area contributed by atoms with E-state index < -0.39 is 39.1 Å². The van der Waals surface area contributed by atoms with E-state index in [0.717, 1.165) is 47.9 Å². The van der Waals surface area contributed by atoms with Crippen LogP contribution in [0, 0.1) is 10.1 Å². The Morgan fingerprint density at radius 3 is 2.31 bits per heavy atom. The molecule has 1 aliphatic rings. The van der Waals surface area contributed by atoms with E-state index in [-0.39, 0.29) is 41.4 Å². The van der Waals surface area contributed by atoms with Crippen LogP contribution < -0.4 is 14.4 Å². The quantitative estimate of drug-likeness (QED) is 0.190. The Hall–Kier alpha value is -3.87. The maximum absolute atomic E-state index is 14.3. The summed E-state index contributed by atoms with van der Waals surface area (Å²) in [6, 6.07) is 16.4. The molecule has 1 aliphatic carbocycles. The summed E-state index contributed by atoms with van der Waals surface area (Å²) in [5, 5.41) is 15.2. The van der Waals surface area contributed by atoms with Crippen LogP contribution in [0.2, 0.25) is 10.0 Å². The first kappa shape index (κ1) is 34.0. The third-order valence-corrected chi connectivity index (χ3v) is 9.50. The number of ether oxygens (including phenoxy) is 1. The third kappa shape index (κ3) is 8.86. The van der Waals surface area contributed by atoms with E-state index in [1.807, 2.05) is 30.3 Å². The molecule has 3 aromatic rings. The zero-order chi connectivity index (χ0) is 32.7. The SMILES string of the molecule is COc1ccc([N+](=O)[O-])cc1N(CC(=O)N(Cc1ccc(Cl)c(Cl)c1)[C@@H](Cc1ccccc1)C(=O)NC1CCCC1)S(C)(=O)=O. The Labute approximate surface area is 272 Å². The number of non-ortho nitro benzene ring substituents is 1. The highest BCUT2D eigenvalue weighted by Crippen LogP contribution is 2.34. The van der Waals surface area contributed by atoms with E-state index >= 15 is 0 Å². The highest BCUT2D eigenvalue weighted by atomic mass is 35.5. The number of carbonyl (C=O) groups excluding carboxylic acids is 2. The minimum Gasteiger partial charge on any atom is -0.495 e. The van der Waals surface area contributed by atoms with Crippen molar-refractivity contribution < 1.29 is 27.7 Å². The topological polar surface area (TPSA) is 139 Å². The number of nitrogens with zero attached hydrogens (tertiary/aromatic N) is 3. The Bertz CT molecular complexity index is 1650. The molecule has 0 bridgehead atoms. The molecule has 0 heterocycles. The van der Waals surface area contributed by atoms with Gasteiger partial charge >= 0.3 is 0 Å². The van der Waals surface area contributed by atoms with Gasteiger partial charge in [0.1, 0.15) is 24.0 Å². The Kier molecular flexibility index (Phi) is 11.3. The molecule has 1 atom stereocenters. The largest absolute Gasteiger partial charge is 0.495 e. The predicted octanol–water partition coefficient (Wildman–Crippen LogP) is 5.38. The molecule has 0 saturated heterocycles. The number of amides is 2. The summed E-state index contributed by atoms with van der Waals surface area (Å²) in [5.41, 5.74) is 0.768. The molecule has 3 aromatic carbocycles. The first-order chi connectivity index (χ1) is 21.4. The molecule has 0 spiro atoms. The van der Waals surface area contributed by atoms with Crippen molar-refractivity contribution in [2.45, 2.75) is 50.7 Å². The van der Waals surface area contributed by atoms with E-state index in [1.165, 1.54) is 24.1 Å². The van der Waals surface area contributed by atoms with Crippen molar-refractivity contribution in [1.82, 2.24) is 10.2 Å². The lowest BCUT2D eigenvalue weighted by molar-refractivity contribution is -0.384. The van der Waals surface area contributed by atoms with Gasteiger partial charge in [0, 0.05) is 31.1 Å². The lowest BCUT2D eigenvalue weighted by Gasteiger charge is -2.34. The van der Waals surface area contributed by atoms with E-state index in [4.69, 9.17) is 27.9 Å². The van der Waals surface area contributed by atoms with Crippen LogP contribution in [-0.4, -0.2) is 62.0 Å². The second-order valence-corrected chi connectivity index (χ2v) is 13.6. The summed E-state index contributed by atoms with van der Waals surface area (Å²) in [7, 11) is -2.90. The zero-order valence-corrected chi connectivity index (χ0v) is 27.1. The molecule has 2 amide bonds. The van der Waals surface area contributed by atoms with Crippen LogP contribution in [0.15, 0.2) is 66.7 Å². The van der Waals surface area contributed by atoms with E-state index in [9.17, 15) is 28.1 Å². The summed E-state index contributed by atoms with van der Waals surface area (Å²) in [6.45, 7) is -0.866. The van der Waals surface area contributed by atoms with Gasteiger partial charge in [-0.05, 0) is 42.2 Å². The fourth-order valence-corrected chi connectivity index (χ4v) is 6.50. The second-order valence-electron chi connectivity index (χ2n) is 10.8. The maximum atomic E-state index is 14.3. The minimum absolute atomic E-state index is 0.00895. The molecule has 1 saturated carbocycles. The number of hydrogen-bond donors (Lipinski definition) is 1. The molecule has 11 nitrogen and oxygen atoms in total. The molecule has 240 valence electrons. The summed E-state index contributed by atoms with van der Waals surface area (Å²) in [4.78, 5) is 40.5. The number of methoxy groups -OCH3 is 1. The number of anilines is 1. The van der Waals surface area contributed by atoms with Gasteiger partial charge in [0.05, 0.1) is 28.3 Å². The van der Waals surface area contributed by atoms with Crippen LogP contribution in [-0.2, 0) is 32.6 Å². The summed E-state index contributed by atoms with van der Waals surface area (Å²) in [6.07, 6.45) is 4.63. The Morgan fingerprint density at radius 1 is 1.02 bits per heavy atom. The van der Waals surface area contributed by atoms with Crippen molar-refractivity contribution in [3.05, 3.63) is 98.0 Å². The average molecular weight is 678 g/mol. The van der Waals surface area contributed by atoms with Gasteiger partial charge < -0.3 is 15.0 Å². The van der Waals surface area contributed by atoms with Crippen molar-refractivity contribution in [3.8, 4) is 5.75 Å². The lowest BCUT2D eigenvalue weighted by Crippen LogP contribution is -2.54. The number of nitrogens with one attached hydrogen (secondary N) is 1. The summed E-state index contributed by atoms with van der Waals surface area (Å²) in [5.74, 6) is -1.09. The fraction of sp³-hybridized carbons (Fsp3) is 0.355. The first-order valence-electron chi connectivity index (χ1n) is 14.2. The van der Waals surface area contributed by atoms with Gasteiger partial charge in [0.15, 0.2) is 0 Å². The predicted molar refractivity (Wildman–Crippen MR) is 173 cm³/mol. The monoisotopic (exact) mass is 676 g/mol. The Balaban J connectivity index is 1.79. The standard InChI is InChI=1S/C31H34Cl2N4O7S/c1-44-29-15-13-24(37(40)41)18-27(29)36(45(2,42)43)20-30(38)35(19-22-12-14-25(32)26(33)16-22)28(17-21-8-4-3-5-9-21)31(39)34-23-10-6-7-11-23/h3-5,8-9,12-16,18,23,28H,6-7,10-11,17,19-20H2,1-2H3,(H,34,39)/t28-/m0/s1. The number of nitro benzene ring substituents is 1. The van der Waals surface area contributed by atoms with Gasteiger partial charge in [-0.1, -0.05) is 72.4 Å². The van der Waals surface area contributed by atoms with Gasteiger partial charge in [-0.3, -0.25) is 24.0 Å². The molecule has 0 aliphatic heterocycles. The van der Waals surface area contributed by atoms with Crippen LogP contribution in [0.5, 0.6) is 5.75 Å². The number of benzene rings is 3. The minimum atomic E-state index is -4.19. The number of halogens is 2. The normalized spacial score (nSPS) is 14.0. The van der Waals surface area contributed by atoms with Crippen molar-refractivity contribution in [1.29, 1.82) is 0 Å². The van der Waals surface area contributed by atoms with Crippen LogP contribution in [0.25, 0.3) is 0 Å². The van der Waals surface area contributed by atoms with Gasteiger partial charge in [-0.2, -0.15) is 0 Å². The molecule has 4 rings (SSSR count). The number of sulfonamides is 1. The highest BCUT2D eigenvalue weighted by Gasteiger charge is 2.35. The molecule has 1 fully saturated rings. The van der Waals surface area contributed by atoms with Gasteiger partial charge in [-0.15, -0.1) is 0 Å². The summed E-state index contributed by atoms with van der Waals surface area (Å²) < 4.78 is 32.3. The Morgan fingerprint density at radius 2 is 1.71 bits per heavy atom. The van der Waals surface area contributed by atoms with Crippen molar-refractivity contribution in [2.24, 2.45) is 0 Å². The number of hydrogen-bond acceptors (Lipinski definition) is 7. The van der Waals surface area contributed by atoms with Crippen LogP contribution in [0.4, 0.5) is 11.4 Å². The fourth-order valence-electron chi connectivity index (χ4n) is 5.34. The average Bonchev–Trinajstić information content (AvgIpc) is 3.52. The van der Waals surface area contributed by atoms with Crippen LogP contribution >= 0.6 is 23.2 Å². The van der Waals surface area contributed by atoms with Crippen LogP contribution in [0.1, 0.15) is 36.8 Å². The molecular formula is C31H34Cl2N4O7S. The number of rotatable bonds is 13. The van der Waals surface area contributed by atoms with Crippen LogP contribution in [0.3, 0.4) is 0 Å². The molecule has 0 unspecified atom stereocenters. The van der Waals surface area contributed by atoms with E-state index in [2.05, 4.69) is 5.32 Å². The van der Waals surface area contributed by atoms with Crippen molar-refractivity contribution in [2.75, 3.05) is 24.2 Å². The maximum Gasteiger partial charge on any atom is 0.271 e. The molecular weight excluding hydrogens is 643 g/mol. The molecule has 1 N–H and O–H groups in total. The van der Waals surface area contributed by atoms with E-state index in [0.29, 0.717) is 10.6 Å². The first-order valence-corrected chi connectivity index (χ1v) is 16.9. The molecule has 0 aromatic heterocycles. The zero-order valence-electron chi connectivity index (χ0n) is 24.8. The van der Waals surface area contributed by atoms with Gasteiger partial charge in [0.2, 0.25) is 21.8 Å². The van der Waals surface area contributed by atoms with Gasteiger partial charge in [-0.25, -0.2) is 8.42 Å². The number of carbonyl (C=O) groups is 2. The summed E-state index contributed by atoms with van der Waals surface area (Å²) >= 11 is 12.4. The smallest absolute Gasteiger partial charge is 0.271 e. The third-order valence-electron chi connectivity index (χ3n) is 7.63. The van der Waals surface area contributed by atoms with Crippen molar-refractivity contribution in [3.63, 3.8) is 0 Å². The second kappa shape index (κ2) is 14.9. The molecule has 0 radical (unpaired) electrons. The van der Waals surface area contributed by atoms with Crippen molar-refractivity contribution >= 4 is 56.4 Å². The lowest BCUT2D eigenvalue weighted by atomic mass is 10.0. The number of nitro groups is 1. The van der Waals surface area contributed by atoms with E-state index in [1.54, 1.807) is 18.2 Å². The molecule has 14 heteroatoms.